The minimum atomic E-state index is -4.43. The van der Waals surface area contributed by atoms with E-state index in [-0.39, 0.29) is 22.9 Å². The molecule has 1 aromatic rings. The van der Waals surface area contributed by atoms with Gasteiger partial charge in [0, 0.05) is 24.7 Å². The summed E-state index contributed by atoms with van der Waals surface area (Å²) >= 11 is 0. The van der Waals surface area contributed by atoms with Gasteiger partial charge < -0.3 is 15.7 Å². The summed E-state index contributed by atoms with van der Waals surface area (Å²) in [5.41, 5.74) is -0.269. The zero-order valence-electron chi connectivity index (χ0n) is 17.7. The lowest BCUT2D eigenvalue weighted by atomic mass is 9.83. The molecule has 0 aliphatic heterocycles. The Balaban J connectivity index is 1.80. The van der Waals surface area contributed by atoms with Crippen molar-refractivity contribution in [3.05, 3.63) is 29.3 Å². The molecule has 0 saturated heterocycles. The van der Waals surface area contributed by atoms with Crippen molar-refractivity contribution >= 4 is 11.6 Å². The summed E-state index contributed by atoms with van der Waals surface area (Å²) < 4.78 is 38.8. The van der Waals surface area contributed by atoms with Crippen molar-refractivity contribution in [3.8, 4) is 0 Å². The minimum absolute atomic E-state index is 0.163. The summed E-state index contributed by atoms with van der Waals surface area (Å²) in [4.78, 5) is 12.3. The molecule has 7 heteroatoms. The normalized spacial score (nSPS) is 21.7. The highest BCUT2D eigenvalue weighted by molar-refractivity contribution is 5.91. The monoisotopic (exact) mass is 414 g/mol. The van der Waals surface area contributed by atoms with Crippen LogP contribution in [0.1, 0.15) is 64.0 Å². The second kappa shape index (κ2) is 9.47. The molecule has 3 N–H and O–H groups in total. The first-order valence-electron chi connectivity index (χ1n) is 10.2. The number of aliphatic hydroxyl groups excluding tert-OH is 1. The predicted octanol–water partition coefficient (Wildman–Crippen LogP) is 4.90. The molecular weight excluding hydrogens is 381 g/mol. The largest absolute Gasteiger partial charge is 0.416 e. The van der Waals surface area contributed by atoms with Crippen LogP contribution in [-0.2, 0) is 11.0 Å². The lowest BCUT2D eigenvalue weighted by molar-refractivity contribution is -0.137. The van der Waals surface area contributed by atoms with Crippen molar-refractivity contribution in [2.45, 2.75) is 78.1 Å². The van der Waals surface area contributed by atoms with Gasteiger partial charge in [-0.3, -0.25) is 4.79 Å². The van der Waals surface area contributed by atoms with Crippen LogP contribution >= 0.6 is 0 Å². The average molecular weight is 415 g/mol. The molecule has 1 aromatic carbocycles. The van der Waals surface area contributed by atoms with Gasteiger partial charge in [-0.05, 0) is 67.7 Å². The van der Waals surface area contributed by atoms with E-state index in [4.69, 9.17) is 0 Å². The number of hydrogen-bond donors (Lipinski definition) is 3. The number of carbonyl (C=O) groups excluding carboxylic acids is 1. The number of aryl methyl sites for hydroxylation is 1. The van der Waals surface area contributed by atoms with E-state index in [1.54, 1.807) is 13.0 Å². The summed E-state index contributed by atoms with van der Waals surface area (Å²) in [6.45, 7) is 8.13. The summed E-state index contributed by atoms with van der Waals surface area (Å²) in [5, 5.41) is 16.2. The molecule has 4 nitrogen and oxygen atoms in total. The van der Waals surface area contributed by atoms with Gasteiger partial charge in [0.2, 0.25) is 5.91 Å². The van der Waals surface area contributed by atoms with Crippen LogP contribution in [0, 0.1) is 18.3 Å². The number of carbonyl (C=O) groups is 1. The Morgan fingerprint density at radius 2 is 1.76 bits per heavy atom. The van der Waals surface area contributed by atoms with E-state index in [1.165, 1.54) is 0 Å². The van der Waals surface area contributed by atoms with Gasteiger partial charge in [-0.2, -0.15) is 13.2 Å². The Bertz CT molecular complexity index is 690. The second-order valence-electron chi connectivity index (χ2n) is 9.35. The SMILES string of the molecule is Cc1cc(NC(=O)C[C@H]2CC[C@@H](NCC(O)C(C)(C)C)CC2)cc(C(F)(F)F)c1. The first-order chi connectivity index (χ1) is 13.3. The van der Waals surface area contributed by atoms with Gasteiger partial charge in [-0.25, -0.2) is 0 Å². The highest BCUT2D eigenvalue weighted by Gasteiger charge is 2.31. The number of aliphatic hydroxyl groups is 1. The highest BCUT2D eigenvalue weighted by Crippen LogP contribution is 2.32. The Hall–Kier alpha value is -1.60. The number of alkyl halides is 3. The maximum absolute atomic E-state index is 12.9. The summed E-state index contributed by atoms with van der Waals surface area (Å²) in [7, 11) is 0. The Labute approximate surface area is 171 Å². The van der Waals surface area contributed by atoms with E-state index in [2.05, 4.69) is 10.6 Å². The third-order valence-electron chi connectivity index (χ3n) is 5.61. The first kappa shape index (κ1) is 23.7. The van der Waals surface area contributed by atoms with Gasteiger partial charge in [-0.1, -0.05) is 20.8 Å². The molecule has 1 saturated carbocycles. The molecule has 2 rings (SSSR count). The van der Waals surface area contributed by atoms with Gasteiger partial charge in [0.15, 0.2) is 0 Å². The quantitative estimate of drug-likeness (QED) is 0.621. The number of amides is 1. The van der Waals surface area contributed by atoms with Crippen LogP contribution < -0.4 is 10.6 Å². The summed E-state index contributed by atoms with van der Waals surface area (Å²) in [6.07, 6.45) is -0.905. The number of halogens is 3. The molecule has 1 aliphatic carbocycles. The summed E-state index contributed by atoms with van der Waals surface area (Å²) in [6, 6.07) is 3.93. The molecule has 0 aromatic heterocycles. The molecule has 0 bridgehead atoms. The Kier molecular flexibility index (Phi) is 7.74. The van der Waals surface area contributed by atoms with E-state index in [1.807, 2.05) is 20.8 Å². The fourth-order valence-corrected chi connectivity index (χ4v) is 3.65. The second-order valence-corrected chi connectivity index (χ2v) is 9.35. The van der Waals surface area contributed by atoms with E-state index < -0.39 is 17.8 Å². The fraction of sp³-hybridized carbons (Fsp3) is 0.682. The van der Waals surface area contributed by atoms with Crippen molar-refractivity contribution < 1.29 is 23.1 Å². The van der Waals surface area contributed by atoms with Gasteiger partial charge in [0.25, 0.3) is 0 Å². The molecular formula is C22H33F3N2O2. The van der Waals surface area contributed by atoms with Crippen LogP contribution in [0.15, 0.2) is 18.2 Å². The van der Waals surface area contributed by atoms with Gasteiger partial charge in [0.1, 0.15) is 0 Å². The smallest absolute Gasteiger partial charge is 0.391 e. The van der Waals surface area contributed by atoms with Crippen LogP contribution in [0.4, 0.5) is 18.9 Å². The summed E-state index contributed by atoms with van der Waals surface area (Å²) in [5.74, 6) is -0.0178. The van der Waals surface area contributed by atoms with Crippen molar-refractivity contribution in [1.82, 2.24) is 5.32 Å². The number of nitrogens with one attached hydrogen (secondary N) is 2. The molecule has 1 fully saturated rings. The van der Waals surface area contributed by atoms with E-state index >= 15 is 0 Å². The van der Waals surface area contributed by atoms with E-state index in [0.29, 0.717) is 24.6 Å². The van der Waals surface area contributed by atoms with Crippen LogP contribution in [0.25, 0.3) is 0 Å². The molecule has 0 radical (unpaired) electrons. The Morgan fingerprint density at radius 1 is 1.14 bits per heavy atom. The molecule has 1 aliphatic rings. The highest BCUT2D eigenvalue weighted by atomic mass is 19.4. The van der Waals surface area contributed by atoms with Gasteiger partial charge in [0.05, 0.1) is 11.7 Å². The van der Waals surface area contributed by atoms with Crippen molar-refractivity contribution in [1.29, 1.82) is 0 Å². The van der Waals surface area contributed by atoms with Crippen LogP contribution in [0.5, 0.6) is 0 Å². The predicted molar refractivity (Wildman–Crippen MR) is 109 cm³/mol. The molecule has 164 valence electrons. The van der Waals surface area contributed by atoms with Crippen molar-refractivity contribution in [2.75, 3.05) is 11.9 Å². The van der Waals surface area contributed by atoms with Gasteiger partial charge in [-0.15, -0.1) is 0 Å². The zero-order chi connectivity index (χ0) is 21.8. The average Bonchev–Trinajstić information content (AvgIpc) is 2.58. The molecule has 29 heavy (non-hydrogen) atoms. The molecule has 0 heterocycles. The number of hydrogen-bond acceptors (Lipinski definition) is 3. The molecule has 1 atom stereocenters. The fourth-order valence-electron chi connectivity index (χ4n) is 3.65. The standard InChI is InChI=1S/C22H33F3N2O2/c1-14-9-16(22(23,24)25)12-18(10-14)27-20(29)11-15-5-7-17(8-6-15)26-13-19(28)21(2,3)4/h9-10,12,15,17,19,26,28H,5-8,11,13H2,1-4H3,(H,27,29)/t15-,17+,19?. The number of anilines is 1. The van der Waals surface area contributed by atoms with Crippen LogP contribution in [0.3, 0.4) is 0 Å². The number of benzene rings is 1. The van der Waals surface area contributed by atoms with Crippen molar-refractivity contribution in [2.24, 2.45) is 11.3 Å². The minimum Gasteiger partial charge on any atom is -0.391 e. The van der Waals surface area contributed by atoms with Crippen LogP contribution in [0.2, 0.25) is 0 Å². The molecule has 0 spiro atoms. The maximum Gasteiger partial charge on any atom is 0.416 e. The van der Waals surface area contributed by atoms with Crippen molar-refractivity contribution in [3.63, 3.8) is 0 Å². The lowest BCUT2D eigenvalue weighted by Gasteiger charge is -2.32. The first-order valence-corrected chi connectivity index (χ1v) is 10.2. The van der Waals surface area contributed by atoms with Crippen LogP contribution in [-0.4, -0.2) is 29.7 Å². The van der Waals surface area contributed by atoms with Gasteiger partial charge >= 0.3 is 6.18 Å². The van der Waals surface area contributed by atoms with E-state index in [0.717, 1.165) is 37.8 Å². The topological polar surface area (TPSA) is 61.4 Å². The number of rotatable bonds is 6. The van der Waals surface area contributed by atoms with E-state index in [9.17, 15) is 23.1 Å². The lowest BCUT2D eigenvalue weighted by Crippen LogP contribution is -2.42. The maximum atomic E-state index is 12.9. The molecule has 1 unspecified atom stereocenters. The molecule has 1 amide bonds. The third kappa shape index (κ3) is 7.63. The third-order valence-corrected chi connectivity index (χ3v) is 5.61. The Morgan fingerprint density at radius 3 is 2.31 bits per heavy atom. The zero-order valence-corrected chi connectivity index (χ0v) is 17.7.